The Morgan fingerprint density at radius 1 is 1.46 bits per heavy atom. The molecule has 4 rings (SSSR count). The molecule has 1 amide bonds. The lowest BCUT2D eigenvalue weighted by atomic mass is 10.1. The molecular formula is C16H19ClN4O3. The van der Waals surface area contributed by atoms with Gasteiger partial charge in [0.2, 0.25) is 5.91 Å². The lowest BCUT2D eigenvalue weighted by Gasteiger charge is -2.25. The van der Waals surface area contributed by atoms with Gasteiger partial charge in [0.15, 0.2) is 5.89 Å². The molecule has 0 spiro atoms. The largest absolute Gasteiger partial charge is 0.445 e. The minimum Gasteiger partial charge on any atom is -0.445 e. The minimum atomic E-state index is 0.0982. The molecule has 7 nitrogen and oxygen atoms in total. The van der Waals surface area contributed by atoms with Crippen LogP contribution in [0.2, 0.25) is 5.02 Å². The van der Waals surface area contributed by atoms with Crippen molar-refractivity contribution in [2.45, 2.75) is 38.3 Å². The van der Waals surface area contributed by atoms with E-state index in [0.717, 1.165) is 36.8 Å². The van der Waals surface area contributed by atoms with Crippen molar-refractivity contribution in [3.05, 3.63) is 34.8 Å². The Balaban J connectivity index is 1.37. The number of hydrogen-bond donors (Lipinski definition) is 0. The Morgan fingerprint density at radius 2 is 2.38 bits per heavy atom. The Kier molecular flexibility index (Phi) is 4.28. The molecule has 0 N–H and O–H groups in total. The molecule has 1 saturated heterocycles. The summed E-state index contributed by atoms with van der Waals surface area (Å²) in [7, 11) is 0. The van der Waals surface area contributed by atoms with Gasteiger partial charge in [0.05, 0.1) is 30.3 Å². The molecule has 24 heavy (non-hydrogen) atoms. The lowest BCUT2D eigenvalue weighted by Crippen LogP contribution is -2.36. The smallest absolute Gasteiger partial charge is 0.224 e. The zero-order valence-corrected chi connectivity index (χ0v) is 14.0. The molecule has 1 fully saturated rings. The number of nitrogens with zero attached hydrogens (tertiary/aromatic N) is 4. The van der Waals surface area contributed by atoms with Crippen molar-refractivity contribution >= 4 is 17.5 Å². The Morgan fingerprint density at radius 3 is 3.12 bits per heavy atom. The fourth-order valence-electron chi connectivity index (χ4n) is 3.16. The van der Waals surface area contributed by atoms with Crippen molar-refractivity contribution in [3.63, 3.8) is 0 Å². The van der Waals surface area contributed by atoms with E-state index in [-0.39, 0.29) is 11.8 Å². The average molecular weight is 351 g/mol. The summed E-state index contributed by atoms with van der Waals surface area (Å²) in [6, 6.07) is 0. The Bertz CT molecular complexity index is 736. The standard InChI is InChI=1S/C16H19ClN4O3/c17-12-7-18-21(8-12)5-2-15(22)20-4-1-14-13(9-20)19-16(24-14)11-3-6-23-10-11/h7-8,11H,1-6,9-10H2. The number of amides is 1. The number of ether oxygens (including phenoxy) is 1. The van der Waals surface area contributed by atoms with E-state index in [1.807, 2.05) is 4.90 Å². The molecule has 1 atom stereocenters. The summed E-state index contributed by atoms with van der Waals surface area (Å²) in [5, 5.41) is 4.67. The van der Waals surface area contributed by atoms with E-state index in [1.165, 1.54) is 0 Å². The van der Waals surface area contributed by atoms with Gasteiger partial charge >= 0.3 is 0 Å². The van der Waals surface area contributed by atoms with Gasteiger partial charge in [-0.25, -0.2) is 4.98 Å². The summed E-state index contributed by atoms with van der Waals surface area (Å²) in [5.74, 6) is 2.03. The Labute approximate surface area is 144 Å². The number of rotatable bonds is 4. The topological polar surface area (TPSA) is 73.4 Å². The first kappa shape index (κ1) is 15.7. The highest BCUT2D eigenvalue weighted by atomic mass is 35.5. The predicted octanol–water partition coefficient (Wildman–Crippen LogP) is 2.00. The maximum atomic E-state index is 12.4. The predicted molar refractivity (Wildman–Crippen MR) is 85.7 cm³/mol. The summed E-state index contributed by atoms with van der Waals surface area (Å²) in [4.78, 5) is 18.9. The van der Waals surface area contributed by atoms with E-state index in [9.17, 15) is 4.79 Å². The van der Waals surface area contributed by atoms with Gasteiger partial charge in [-0.2, -0.15) is 5.10 Å². The van der Waals surface area contributed by atoms with Crippen LogP contribution in [0.15, 0.2) is 16.8 Å². The second-order valence-electron chi connectivity index (χ2n) is 6.22. The minimum absolute atomic E-state index is 0.0982. The van der Waals surface area contributed by atoms with Gasteiger partial charge in [-0.1, -0.05) is 11.6 Å². The van der Waals surface area contributed by atoms with Gasteiger partial charge in [0.1, 0.15) is 11.5 Å². The molecule has 8 heteroatoms. The number of halogens is 1. The van der Waals surface area contributed by atoms with E-state index >= 15 is 0 Å². The second-order valence-corrected chi connectivity index (χ2v) is 6.66. The number of oxazole rings is 1. The molecule has 2 aliphatic rings. The van der Waals surface area contributed by atoms with E-state index < -0.39 is 0 Å². The fourth-order valence-corrected chi connectivity index (χ4v) is 3.32. The van der Waals surface area contributed by atoms with Crippen LogP contribution in [-0.4, -0.2) is 45.3 Å². The van der Waals surface area contributed by atoms with Crippen LogP contribution in [0.4, 0.5) is 0 Å². The molecule has 0 radical (unpaired) electrons. The first-order valence-corrected chi connectivity index (χ1v) is 8.59. The van der Waals surface area contributed by atoms with Gasteiger partial charge in [-0.15, -0.1) is 0 Å². The molecule has 0 aliphatic carbocycles. The summed E-state index contributed by atoms with van der Waals surface area (Å²) < 4.78 is 13.0. The van der Waals surface area contributed by atoms with E-state index in [0.29, 0.717) is 37.7 Å². The molecule has 0 saturated carbocycles. The van der Waals surface area contributed by atoms with E-state index in [4.69, 9.17) is 20.8 Å². The maximum Gasteiger partial charge on any atom is 0.224 e. The SMILES string of the molecule is O=C(CCn1cc(Cl)cn1)N1CCc2oc(C3CCOC3)nc2C1. The normalized spacial score (nSPS) is 20.4. The highest BCUT2D eigenvalue weighted by Gasteiger charge is 2.29. The van der Waals surface area contributed by atoms with Crippen LogP contribution in [-0.2, 0) is 29.0 Å². The molecule has 2 aliphatic heterocycles. The zero-order chi connectivity index (χ0) is 16.5. The van der Waals surface area contributed by atoms with Crippen LogP contribution >= 0.6 is 11.6 Å². The van der Waals surface area contributed by atoms with Crippen LogP contribution in [0, 0.1) is 0 Å². The molecule has 4 heterocycles. The highest BCUT2D eigenvalue weighted by Crippen LogP contribution is 2.29. The van der Waals surface area contributed by atoms with Gasteiger partial charge in [-0.05, 0) is 6.42 Å². The molecule has 1 unspecified atom stereocenters. The monoisotopic (exact) mass is 350 g/mol. The van der Waals surface area contributed by atoms with Crippen molar-refractivity contribution in [2.24, 2.45) is 0 Å². The Hall–Kier alpha value is -1.86. The highest BCUT2D eigenvalue weighted by molar-refractivity contribution is 6.30. The zero-order valence-electron chi connectivity index (χ0n) is 13.3. The van der Waals surface area contributed by atoms with Crippen molar-refractivity contribution < 1.29 is 13.9 Å². The molecule has 2 aromatic heterocycles. The molecule has 0 bridgehead atoms. The number of carbonyl (C=O) groups is 1. The summed E-state index contributed by atoms with van der Waals surface area (Å²) >= 11 is 5.83. The van der Waals surface area contributed by atoms with Crippen LogP contribution in [0.5, 0.6) is 0 Å². The number of aromatic nitrogens is 3. The first-order valence-electron chi connectivity index (χ1n) is 8.21. The van der Waals surface area contributed by atoms with Gasteiger partial charge in [0, 0.05) is 38.7 Å². The van der Waals surface area contributed by atoms with Crippen molar-refractivity contribution in [1.82, 2.24) is 19.7 Å². The first-order chi connectivity index (χ1) is 11.7. The number of aryl methyl sites for hydroxylation is 1. The van der Waals surface area contributed by atoms with Crippen LogP contribution in [0.1, 0.15) is 36.1 Å². The number of hydrogen-bond acceptors (Lipinski definition) is 5. The summed E-state index contributed by atoms with van der Waals surface area (Å²) in [6.45, 7) is 3.15. The van der Waals surface area contributed by atoms with Gasteiger partial charge in [-0.3, -0.25) is 9.48 Å². The summed E-state index contributed by atoms with van der Waals surface area (Å²) in [5.41, 5.74) is 0.888. The lowest BCUT2D eigenvalue weighted by molar-refractivity contribution is -0.132. The van der Waals surface area contributed by atoms with Gasteiger partial charge < -0.3 is 14.1 Å². The third-order valence-electron chi connectivity index (χ3n) is 4.53. The number of carbonyl (C=O) groups excluding carboxylic acids is 1. The number of fused-ring (bicyclic) bond motifs is 1. The van der Waals surface area contributed by atoms with Crippen LogP contribution in [0.25, 0.3) is 0 Å². The maximum absolute atomic E-state index is 12.4. The third kappa shape index (κ3) is 3.18. The van der Waals surface area contributed by atoms with Crippen LogP contribution in [0.3, 0.4) is 0 Å². The molecular weight excluding hydrogens is 332 g/mol. The van der Waals surface area contributed by atoms with Crippen LogP contribution < -0.4 is 0 Å². The average Bonchev–Trinajstić information content (AvgIpc) is 3.31. The van der Waals surface area contributed by atoms with Crippen molar-refractivity contribution in [1.29, 1.82) is 0 Å². The van der Waals surface area contributed by atoms with E-state index in [1.54, 1.807) is 17.1 Å². The molecule has 128 valence electrons. The molecule has 2 aromatic rings. The quantitative estimate of drug-likeness (QED) is 0.843. The van der Waals surface area contributed by atoms with Crippen molar-refractivity contribution in [2.75, 3.05) is 19.8 Å². The third-order valence-corrected chi connectivity index (χ3v) is 4.73. The van der Waals surface area contributed by atoms with Crippen molar-refractivity contribution in [3.8, 4) is 0 Å². The van der Waals surface area contributed by atoms with E-state index in [2.05, 4.69) is 10.1 Å². The molecule has 0 aromatic carbocycles. The second kappa shape index (κ2) is 6.57. The summed E-state index contributed by atoms with van der Waals surface area (Å²) in [6.07, 6.45) is 5.36. The van der Waals surface area contributed by atoms with Gasteiger partial charge in [0.25, 0.3) is 0 Å². The fraction of sp³-hybridized carbons (Fsp3) is 0.562.